The van der Waals surface area contributed by atoms with Crippen molar-refractivity contribution in [2.45, 2.75) is 12.8 Å². The molecule has 0 saturated heterocycles. The van der Waals surface area contributed by atoms with Crippen molar-refractivity contribution < 1.29 is 4.79 Å². The number of Topliss-reactive ketones (excluding diaryl/α,β-unsaturated/α-hetero) is 1. The molecule has 0 radical (unpaired) electrons. The van der Waals surface area contributed by atoms with E-state index < -0.39 is 0 Å². The van der Waals surface area contributed by atoms with E-state index in [1.54, 1.807) is 12.1 Å². The van der Waals surface area contributed by atoms with Crippen molar-refractivity contribution in [2.75, 3.05) is 11.5 Å². The molecule has 0 atom stereocenters. The molecule has 0 saturated carbocycles. The van der Waals surface area contributed by atoms with Gasteiger partial charge in [0.05, 0.1) is 0 Å². The first-order valence-corrected chi connectivity index (χ1v) is 6.20. The number of anilines is 2. The lowest BCUT2D eigenvalue weighted by atomic mass is 10.0. The van der Waals surface area contributed by atoms with Crippen LogP contribution in [0.25, 0.3) is 0 Å². The van der Waals surface area contributed by atoms with Gasteiger partial charge < -0.3 is 11.5 Å². The molecular weight excluding hydrogens is 254 g/mol. The molecule has 2 aromatic rings. The van der Waals surface area contributed by atoms with Gasteiger partial charge in [0, 0.05) is 23.4 Å². The molecular formula is C15H15N3O2. The fraction of sp³-hybridized carbons (Fsp3) is 0.133. The number of ketones is 1. The van der Waals surface area contributed by atoms with Gasteiger partial charge in [-0.15, -0.1) is 4.91 Å². The number of hydrogen-bond acceptors (Lipinski definition) is 5. The molecule has 0 aliphatic rings. The Hall–Kier alpha value is -2.69. The van der Waals surface area contributed by atoms with Crippen LogP contribution in [0.3, 0.4) is 0 Å². The number of nitrogens with two attached hydrogens (primary N) is 2. The molecule has 0 heterocycles. The van der Waals surface area contributed by atoms with Crippen molar-refractivity contribution in [1.82, 2.24) is 0 Å². The molecule has 2 aromatic carbocycles. The zero-order valence-corrected chi connectivity index (χ0v) is 10.9. The van der Waals surface area contributed by atoms with Crippen LogP contribution in [0.2, 0.25) is 0 Å². The van der Waals surface area contributed by atoms with Gasteiger partial charge in [0.1, 0.15) is 5.69 Å². The van der Waals surface area contributed by atoms with Crippen LogP contribution < -0.4 is 11.5 Å². The van der Waals surface area contributed by atoms with Crippen molar-refractivity contribution >= 4 is 22.8 Å². The van der Waals surface area contributed by atoms with Crippen LogP contribution in [0.5, 0.6) is 0 Å². The molecule has 0 spiro atoms. The Morgan fingerprint density at radius 3 is 2.40 bits per heavy atom. The molecule has 0 amide bonds. The van der Waals surface area contributed by atoms with E-state index in [-0.39, 0.29) is 11.5 Å². The molecule has 5 heteroatoms. The van der Waals surface area contributed by atoms with E-state index in [4.69, 9.17) is 11.5 Å². The predicted molar refractivity (Wildman–Crippen MR) is 79.8 cm³/mol. The van der Waals surface area contributed by atoms with Crippen LogP contribution in [-0.4, -0.2) is 5.78 Å². The topological polar surface area (TPSA) is 98.5 Å². The minimum absolute atomic E-state index is 0.107. The highest BCUT2D eigenvalue weighted by atomic mass is 16.3. The first kappa shape index (κ1) is 13.7. The van der Waals surface area contributed by atoms with Crippen molar-refractivity contribution in [2.24, 2.45) is 5.18 Å². The van der Waals surface area contributed by atoms with Crippen molar-refractivity contribution in [1.29, 1.82) is 0 Å². The Morgan fingerprint density at radius 2 is 1.75 bits per heavy atom. The summed E-state index contributed by atoms with van der Waals surface area (Å²) >= 11 is 0. The van der Waals surface area contributed by atoms with Gasteiger partial charge in [0.2, 0.25) is 0 Å². The molecule has 0 aliphatic carbocycles. The molecule has 2 rings (SSSR count). The van der Waals surface area contributed by atoms with Crippen LogP contribution in [0.15, 0.2) is 47.6 Å². The Balaban J connectivity index is 2.08. The normalized spacial score (nSPS) is 10.2. The molecule has 0 aliphatic heterocycles. The Kier molecular flexibility index (Phi) is 4.10. The third kappa shape index (κ3) is 3.20. The number of carbonyl (C=O) groups excluding carboxylic acids is 1. The fourth-order valence-corrected chi connectivity index (χ4v) is 1.92. The summed E-state index contributed by atoms with van der Waals surface area (Å²) in [5, 5.41) is 2.81. The average molecular weight is 269 g/mol. The standard InChI is InChI=1S/C15H15N3O2/c16-11-4-1-10(2-5-11)3-8-15(19)13-9-12(18-20)6-7-14(13)17/h1-2,4-7,9H,3,8,16-17H2. The second-order valence-electron chi connectivity index (χ2n) is 4.53. The van der Waals surface area contributed by atoms with Crippen LogP contribution in [0, 0.1) is 4.91 Å². The number of benzene rings is 2. The van der Waals surface area contributed by atoms with Crippen LogP contribution in [0.4, 0.5) is 17.1 Å². The van der Waals surface area contributed by atoms with E-state index in [0.717, 1.165) is 5.56 Å². The lowest BCUT2D eigenvalue weighted by molar-refractivity contribution is 0.0983. The molecule has 0 unspecified atom stereocenters. The summed E-state index contributed by atoms with van der Waals surface area (Å²) in [6, 6.07) is 11.8. The molecule has 20 heavy (non-hydrogen) atoms. The highest BCUT2D eigenvalue weighted by Gasteiger charge is 2.11. The minimum atomic E-state index is -0.107. The summed E-state index contributed by atoms with van der Waals surface area (Å²) in [4.78, 5) is 22.6. The second kappa shape index (κ2) is 5.97. The summed E-state index contributed by atoms with van der Waals surface area (Å²) in [6.45, 7) is 0. The number of rotatable bonds is 5. The maximum absolute atomic E-state index is 12.1. The van der Waals surface area contributed by atoms with Crippen molar-refractivity contribution in [3.8, 4) is 0 Å². The lowest BCUT2D eigenvalue weighted by Crippen LogP contribution is -2.05. The Morgan fingerprint density at radius 1 is 1.05 bits per heavy atom. The summed E-state index contributed by atoms with van der Waals surface area (Å²) in [6.07, 6.45) is 0.910. The van der Waals surface area contributed by atoms with E-state index in [1.807, 2.05) is 12.1 Å². The molecule has 102 valence electrons. The quantitative estimate of drug-likeness (QED) is 0.495. The number of nitrogens with zero attached hydrogens (tertiary/aromatic N) is 1. The number of nitroso groups, excluding NO2 is 1. The number of hydrogen-bond donors (Lipinski definition) is 2. The smallest absolute Gasteiger partial charge is 0.165 e. The zero-order valence-electron chi connectivity index (χ0n) is 10.9. The number of nitrogen functional groups attached to an aromatic ring is 2. The lowest BCUT2D eigenvalue weighted by Gasteiger charge is -2.05. The van der Waals surface area contributed by atoms with E-state index in [2.05, 4.69) is 5.18 Å². The van der Waals surface area contributed by atoms with Crippen LogP contribution in [-0.2, 0) is 6.42 Å². The van der Waals surface area contributed by atoms with E-state index >= 15 is 0 Å². The molecule has 0 bridgehead atoms. The van der Waals surface area contributed by atoms with Gasteiger partial charge in [-0.25, -0.2) is 0 Å². The van der Waals surface area contributed by atoms with Gasteiger partial charge in [-0.2, -0.15) is 0 Å². The molecule has 4 N–H and O–H groups in total. The summed E-state index contributed by atoms with van der Waals surface area (Å²) in [7, 11) is 0. The third-order valence-electron chi connectivity index (χ3n) is 3.06. The maximum Gasteiger partial charge on any atom is 0.165 e. The van der Waals surface area contributed by atoms with Gasteiger partial charge in [-0.1, -0.05) is 12.1 Å². The third-order valence-corrected chi connectivity index (χ3v) is 3.06. The van der Waals surface area contributed by atoms with E-state index in [1.165, 1.54) is 18.2 Å². The van der Waals surface area contributed by atoms with Crippen LogP contribution in [0.1, 0.15) is 22.3 Å². The van der Waals surface area contributed by atoms with Gasteiger partial charge in [0.15, 0.2) is 5.78 Å². The largest absolute Gasteiger partial charge is 0.399 e. The summed E-state index contributed by atoms with van der Waals surface area (Å²) in [5.74, 6) is -0.107. The van der Waals surface area contributed by atoms with E-state index in [0.29, 0.717) is 29.8 Å². The molecule has 0 fully saturated rings. The fourth-order valence-electron chi connectivity index (χ4n) is 1.92. The number of carbonyl (C=O) groups is 1. The average Bonchev–Trinajstić information content (AvgIpc) is 2.47. The van der Waals surface area contributed by atoms with Gasteiger partial charge in [-0.05, 0) is 47.5 Å². The predicted octanol–water partition coefficient (Wildman–Crippen LogP) is 3.06. The summed E-state index contributed by atoms with van der Waals surface area (Å²) < 4.78 is 0. The first-order valence-electron chi connectivity index (χ1n) is 6.20. The monoisotopic (exact) mass is 269 g/mol. The van der Waals surface area contributed by atoms with Gasteiger partial charge >= 0.3 is 0 Å². The first-order chi connectivity index (χ1) is 9.60. The van der Waals surface area contributed by atoms with Crippen molar-refractivity contribution in [3.05, 3.63) is 58.5 Å². The van der Waals surface area contributed by atoms with Crippen molar-refractivity contribution in [3.63, 3.8) is 0 Å². The highest BCUT2D eigenvalue weighted by molar-refractivity contribution is 6.01. The van der Waals surface area contributed by atoms with Gasteiger partial charge in [-0.3, -0.25) is 4.79 Å². The maximum atomic E-state index is 12.1. The SMILES string of the molecule is Nc1ccc(CCC(=O)c2cc(N=O)ccc2N)cc1. The highest BCUT2D eigenvalue weighted by Crippen LogP contribution is 2.22. The second-order valence-corrected chi connectivity index (χ2v) is 4.53. The number of aryl methyl sites for hydroxylation is 1. The molecule has 5 nitrogen and oxygen atoms in total. The Bertz CT molecular complexity index is 636. The van der Waals surface area contributed by atoms with Crippen LogP contribution >= 0.6 is 0 Å². The van der Waals surface area contributed by atoms with Gasteiger partial charge in [0.25, 0.3) is 0 Å². The summed E-state index contributed by atoms with van der Waals surface area (Å²) in [5.41, 5.74) is 14.0. The van der Waals surface area contributed by atoms with E-state index in [9.17, 15) is 9.70 Å². The Labute approximate surface area is 116 Å². The molecule has 0 aromatic heterocycles. The zero-order chi connectivity index (χ0) is 14.5. The minimum Gasteiger partial charge on any atom is -0.399 e.